The number of amides is 3. The Labute approximate surface area is 161 Å². The van der Waals surface area contributed by atoms with Crippen molar-refractivity contribution in [3.05, 3.63) is 95.1 Å². The van der Waals surface area contributed by atoms with Crippen molar-refractivity contribution in [1.29, 1.82) is 0 Å². The summed E-state index contributed by atoms with van der Waals surface area (Å²) in [7, 11) is 0. The van der Waals surface area contributed by atoms with Crippen LogP contribution in [-0.2, 0) is 6.61 Å². The molecule has 0 bridgehead atoms. The molecule has 3 aromatic carbocycles. The van der Waals surface area contributed by atoms with Crippen LogP contribution in [0.25, 0.3) is 0 Å². The first kappa shape index (κ1) is 17.6. The van der Waals surface area contributed by atoms with Crippen molar-refractivity contribution in [2.75, 3.05) is 10.2 Å². The Bertz CT molecular complexity index is 1050. The molecule has 6 nitrogen and oxygen atoms in total. The second-order valence-corrected chi connectivity index (χ2v) is 6.35. The van der Waals surface area contributed by atoms with E-state index in [0.29, 0.717) is 33.6 Å². The lowest BCUT2D eigenvalue weighted by atomic mass is 10.1. The standard InChI is InChI=1S/C22H16N2O4/c25-13-14-4-3-5-16(12-14)23-20(26)15-8-10-17(11-9-15)24-21(27)18-6-1-2-7-19(18)22(24)28/h1-12,25H,13H2,(H,23,26). The van der Waals surface area contributed by atoms with Gasteiger partial charge >= 0.3 is 0 Å². The monoisotopic (exact) mass is 372 g/mol. The van der Waals surface area contributed by atoms with Gasteiger partial charge in [-0.05, 0) is 54.1 Å². The first-order valence-electron chi connectivity index (χ1n) is 8.67. The van der Waals surface area contributed by atoms with Crippen molar-refractivity contribution in [3.63, 3.8) is 0 Å². The number of carbonyl (C=O) groups is 3. The highest BCUT2D eigenvalue weighted by molar-refractivity contribution is 6.34. The van der Waals surface area contributed by atoms with Gasteiger partial charge in [0.1, 0.15) is 0 Å². The molecule has 0 aliphatic carbocycles. The fourth-order valence-corrected chi connectivity index (χ4v) is 3.14. The largest absolute Gasteiger partial charge is 0.392 e. The molecule has 0 atom stereocenters. The molecule has 3 aromatic rings. The van der Waals surface area contributed by atoms with E-state index in [1.807, 2.05) is 0 Å². The average Bonchev–Trinajstić information content (AvgIpc) is 2.99. The summed E-state index contributed by atoms with van der Waals surface area (Å²) in [6.45, 7) is -0.112. The van der Waals surface area contributed by atoms with Gasteiger partial charge in [0, 0.05) is 11.3 Å². The Balaban J connectivity index is 1.54. The minimum Gasteiger partial charge on any atom is -0.392 e. The SMILES string of the molecule is O=C(Nc1cccc(CO)c1)c1ccc(N2C(=O)c3ccccc3C2=O)cc1. The van der Waals surface area contributed by atoms with Crippen molar-refractivity contribution in [2.24, 2.45) is 0 Å². The topological polar surface area (TPSA) is 86.7 Å². The third-order valence-corrected chi connectivity index (χ3v) is 4.55. The summed E-state index contributed by atoms with van der Waals surface area (Å²) in [4.78, 5) is 38.6. The molecular weight excluding hydrogens is 356 g/mol. The number of hydrogen-bond acceptors (Lipinski definition) is 4. The number of nitrogens with one attached hydrogen (secondary N) is 1. The van der Waals surface area contributed by atoms with Crippen molar-refractivity contribution < 1.29 is 19.5 Å². The molecule has 1 aliphatic rings. The fourth-order valence-electron chi connectivity index (χ4n) is 3.14. The number of carbonyl (C=O) groups excluding carboxylic acids is 3. The molecule has 0 saturated heterocycles. The zero-order valence-electron chi connectivity index (χ0n) is 14.8. The molecule has 3 amide bonds. The van der Waals surface area contributed by atoms with Gasteiger partial charge < -0.3 is 10.4 Å². The second kappa shape index (κ2) is 7.09. The van der Waals surface area contributed by atoms with Gasteiger partial charge in [-0.15, -0.1) is 0 Å². The van der Waals surface area contributed by atoms with E-state index in [0.717, 1.165) is 4.90 Å². The normalized spacial score (nSPS) is 12.8. The number of rotatable bonds is 4. The van der Waals surface area contributed by atoms with E-state index < -0.39 is 0 Å². The molecule has 28 heavy (non-hydrogen) atoms. The molecule has 138 valence electrons. The molecule has 2 N–H and O–H groups in total. The quantitative estimate of drug-likeness (QED) is 0.689. The number of aliphatic hydroxyl groups excluding tert-OH is 1. The van der Waals surface area contributed by atoms with Gasteiger partial charge in [0.15, 0.2) is 0 Å². The first-order valence-corrected chi connectivity index (χ1v) is 8.67. The van der Waals surface area contributed by atoms with Crippen LogP contribution in [0.4, 0.5) is 11.4 Å². The molecule has 0 fully saturated rings. The molecule has 1 aliphatic heterocycles. The molecule has 6 heteroatoms. The highest BCUT2D eigenvalue weighted by Crippen LogP contribution is 2.28. The van der Waals surface area contributed by atoms with Gasteiger partial charge in [-0.1, -0.05) is 24.3 Å². The Hall–Kier alpha value is -3.77. The average molecular weight is 372 g/mol. The third-order valence-electron chi connectivity index (χ3n) is 4.55. The number of anilines is 2. The van der Waals surface area contributed by atoms with E-state index in [1.54, 1.807) is 72.8 Å². The number of benzene rings is 3. The van der Waals surface area contributed by atoms with Gasteiger partial charge in [0.05, 0.1) is 23.4 Å². The van der Waals surface area contributed by atoms with Gasteiger partial charge in [-0.3, -0.25) is 14.4 Å². The van der Waals surface area contributed by atoms with Crippen molar-refractivity contribution in [1.82, 2.24) is 0 Å². The van der Waals surface area contributed by atoms with E-state index in [4.69, 9.17) is 0 Å². The van der Waals surface area contributed by atoms with Crippen LogP contribution in [0.1, 0.15) is 36.6 Å². The summed E-state index contributed by atoms with van der Waals surface area (Å²) in [6.07, 6.45) is 0. The zero-order valence-corrected chi connectivity index (χ0v) is 14.8. The fraction of sp³-hybridized carbons (Fsp3) is 0.0455. The van der Waals surface area contributed by atoms with Crippen molar-refractivity contribution in [3.8, 4) is 0 Å². The van der Waals surface area contributed by atoms with Crippen LogP contribution in [0.5, 0.6) is 0 Å². The van der Waals surface area contributed by atoms with Gasteiger partial charge in [0.2, 0.25) is 0 Å². The minimum atomic E-state index is -0.376. The third kappa shape index (κ3) is 3.06. The lowest BCUT2D eigenvalue weighted by Gasteiger charge is -2.14. The molecule has 0 saturated carbocycles. The summed E-state index contributed by atoms with van der Waals surface area (Å²) in [5, 5.41) is 11.9. The van der Waals surface area contributed by atoms with Crippen LogP contribution in [0.3, 0.4) is 0 Å². The van der Waals surface area contributed by atoms with E-state index in [-0.39, 0.29) is 24.3 Å². The highest BCUT2D eigenvalue weighted by atomic mass is 16.3. The molecule has 0 spiro atoms. The molecule has 0 radical (unpaired) electrons. The second-order valence-electron chi connectivity index (χ2n) is 6.35. The summed E-state index contributed by atoms with van der Waals surface area (Å²) in [5.41, 5.74) is 2.80. The van der Waals surface area contributed by atoms with Crippen LogP contribution >= 0.6 is 0 Å². The maximum absolute atomic E-state index is 12.5. The van der Waals surface area contributed by atoms with E-state index in [9.17, 15) is 19.5 Å². The predicted octanol–water partition coefficient (Wildman–Crippen LogP) is 3.23. The summed E-state index contributed by atoms with van der Waals surface area (Å²) >= 11 is 0. The Morgan fingerprint density at radius 2 is 1.50 bits per heavy atom. The Kier molecular flexibility index (Phi) is 4.47. The number of imide groups is 1. The van der Waals surface area contributed by atoms with Crippen LogP contribution < -0.4 is 10.2 Å². The number of hydrogen-bond donors (Lipinski definition) is 2. The Morgan fingerprint density at radius 3 is 2.11 bits per heavy atom. The van der Waals surface area contributed by atoms with E-state index in [2.05, 4.69) is 5.32 Å². The number of fused-ring (bicyclic) bond motifs is 1. The van der Waals surface area contributed by atoms with Gasteiger partial charge in [-0.25, -0.2) is 4.90 Å². The summed E-state index contributed by atoms with van der Waals surface area (Å²) < 4.78 is 0. The maximum atomic E-state index is 12.5. The van der Waals surface area contributed by atoms with Gasteiger partial charge in [0.25, 0.3) is 17.7 Å². The van der Waals surface area contributed by atoms with Gasteiger partial charge in [-0.2, -0.15) is 0 Å². The molecular formula is C22H16N2O4. The molecule has 4 rings (SSSR count). The van der Waals surface area contributed by atoms with Crippen molar-refractivity contribution >= 4 is 29.1 Å². The van der Waals surface area contributed by atoms with E-state index >= 15 is 0 Å². The van der Waals surface area contributed by atoms with Crippen LogP contribution in [0, 0.1) is 0 Å². The van der Waals surface area contributed by atoms with Crippen LogP contribution in [0.2, 0.25) is 0 Å². The number of aliphatic hydroxyl groups is 1. The molecule has 0 unspecified atom stereocenters. The summed E-state index contributed by atoms with van der Waals surface area (Å²) in [5.74, 6) is -1.08. The maximum Gasteiger partial charge on any atom is 0.266 e. The predicted molar refractivity (Wildman–Crippen MR) is 104 cm³/mol. The van der Waals surface area contributed by atoms with Crippen molar-refractivity contribution in [2.45, 2.75) is 6.61 Å². The smallest absolute Gasteiger partial charge is 0.266 e. The Morgan fingerprint density at radius 1 is 0.857 bits per heavy atom. The minimum absolute atomic E-state index is 0.112. The lowest BCUT2D eigenvalue weighted by molar-refractivity contribution is 0.0925. The first-order chi connectivity index (χ1) is 13.6. The number of nitrogens with zero attached hydrogens (tertiary/aromatic N) is 1. The molecule has 0 aromatic heterocycles. The van der Waals surface area contributed by atoms with Crippen LogP contribution in [0.15, 0.2) is 72.8 Å². The summed E-state index contributed by atoms with van der Waals surface area (Å²) in [6, 6.07) is 19.8. The lowest BCUT2D eigenvalue weighted by Crippen LogP contribution is -2.29. The zero-order chi connectivity index (χ0) is 19.7. The highest BCUT2D eigenvalue weighted by Gasteiger charge is 2.36. The van der Waals surface area contributed by atoms with E-state index in [1.165, 1.54) is 0 Å². The molecule has 1 heterocycles. The van der Waals surface area contributed by atoms with Crippen LogP contribution in [-0.4, -0.2) is 22.8 Å².